The molecule has 3 aromatic rings. The number of hydrogen-bond donors (Lipinski definition) is 3. The Bertz CT molecular complexity index is 1070. The number of nitrogens with one attached hydrogen (secondary N) is 3. The molecule has 1 aromatic heterocycles. The van der Waals surface area contributed by atoms with Crippen molar-refractivity contribution in [2.24, 2.45) is 0 Å². The summed E-state index contributed by atoms with van der Waals surface area (Å²) in [6.45, 7) is 4.52. The highest BCUT2D eigenvalue weighted by molar-refractivity contribution is 7.92. The highest BCUT2D eigenvalue weighted by Gasteiger charge is 2.18. The van der Waals surface area contributed by atoms with Crippen LogP contribution in [0.25, 0.3) is 0 Å². The van der Waals surface area contributed by atoms with E-state index in [0.29, 0.717) is 23.1 Å². The quantitative estimate of drug-likeness (QED) is 0.556. The normalized spacial score (nSPS) is 11.1. The zero-order valence-corrected chi connectivity index (χ0v) is 16.2. The number of anilines is 4. The maximum Gasteiger partial charge on any atom is 0.264 e. The summed E-state index contributed by atoms with van der Waals surface area (Å²) in [5.41, 5.74) is 1.04. The molecule has 0 aliphatic carbocycles. The molecular formula is C19H20FN5O2S. The Morgan fingerprint density at radius 1 is 0.964 bits per heavy atom. The van der Waals surface area contributed by atoms with Crippen molar-refractivity contribution in [1.82, 2.24) is 9.97 Å². The second-order valence-corrected chi connectivity index (χ2v) is 7.61. The van der Waals surface area contributed by atoms with Crippen molar-refractivity contribution in [2.45, 2.75) is 18.7 Å². The molecule has 2 aromatic carbocycles. The van der Waals surface area contributed by atoms with Gasteiger partial charge in [-0.05, 0) is 50.2 Å². The third-order valence-electron chi connectivity index (χ3n) is 3.73. The van der Waals surface area contributed by atoms with Gasteiger partial charge in [0.1, 0.15) is 28.2 Å². The molecule has 0 spiro atoms. The summed E-state index contributed by atoms with van der Waals surface area (Å²) in [6.07, 6.45) is 0. The fraction of sp³-hybridized carbons (Fsp3) is 0.158. The van der Waals surface area contributed by atoms with Crippen molar-refractivity contribution < 1.29 is 12.8 Å². The van der Waals surface area contributed by atoms with E-state index >= 15 is 0 Å². The van der Waals surface area contributed by atoms with Gasteiger partial charge in [-0.25, -0.2) is 22.8 Å². The summed E-state index contributed by atoms with van der Waals surface area (Å²) in [5, 5.41) is 6.28. The molecule has 3 rings (SSSR count). The summed E-state index contributed by atoms with van der Waals surface area (Å²) in [6, 6.07) is 13.6. The third kappa shape index (κ3) is 4.74. The summed E-state index contributed by atoms with van der Waals surface area (Å²) in [5.74, 6) is 1.15. The van der Waals surface area contributed by atoms with Crippen LogP contribution >= 0.6 is 0 Å². The van der Waals surface area contributed by atoms with Crippen LogP contribution < -0.4 is 15.4 Å². The number of aromatic nitrogens is 2. The molecule has 3 N–H and O–H groups in total. The molecule has 0 amide bonds. The van der Waals surface area contributed by atoms with E-state index in [1.807, 2.05) is 6.92 Å². The molecule has 1 heterocycles. The van der Waals surface area contributed by atoms with Gasteiger partial charge in [0.2, 0.25) is 0 Å². The number of sulfonamides is 1. The van der Waals surface area contributed by atoms with Crippen molar-refractivity contribution in [3.63, 3.8) is 0 Å². The van der Waals surface area contributed by atoms with Crippen molar-refractivity contribution in [1.29, 1.82) is 0 Å². The first-order chi connectivity index (χ1) is 13.4. The molecule has 0 atom stereocenters. The van der Waals surface area contributed by atoms with Crippen LogP contribution in [0.4, 0.5) is 27.4 Å². The van der Waals surface area contributed by atoms with Gasteiger partial charge in [-0.2, -0.15) is 0 Å². The number of aryl methyl sites for hydroxylation is 1. The lowest BCUT2D eigenvalue weighted by Gasteiger charge is -2.11. The smallest absolute Gasteiger partial charge is 0.264 e. The molecule has 7 nitrogen and oxygen atoms in total. The first-order valence-corrected chi connectivity index (χ1v) is 10.1. The Morgan fingerprint density at radius 2 is 1.61 bits per heavy atom. The summed E-state index contributed by atoms with van der Waals surface area (Å²) in [7, 11) is -4.01. The van der Waals surface area contributed by atoms with E-state index < -0.39 is 20.7 Å². The van der Waals surface area contributed by atoms with E-state index in [0.717, 1.165) is 18.3 Å². The lowest BCUT2D eigenvalue weighted by Crippen LogP contribution is -2.14. The van der Waals surface area contributed by atoms with Crippen LogP contribution in [-0.2, 0) is 10.0 Å². The summed E-state index contributed by atoms with van der Waals surface area (Å²) in [4.78, 5) is 8.21. The first-order valence-electron chi connectivity index (χ1n) is 8.61. The van der Waals surface area contributed by atoms with Gasteiger partial charge in [-0.3, -0.25) is 4.72 Å². The number of halogens is 1. The van der Waals surface area contributed by atoms with E-state index in [2.05, 4.69) is 25.3 Å². The number of hydrogen-bond acceptors (Lipinski definition) is 6. The zero-order valence-electron chi connectivity index (χ0n) is 15.4. The van der Waals surface area contributed by atoms with Gasteiger partial charge in [0.05, 0.1) is 0 Å². The van der Waals surface area contributed by atoms with Crippen LogP contribution in [0, 0.1) is 12.7 Å². The van der Waals surface area contributed by atoms with E-state index in [1.165, 1.54) is 18.2 Å². The maximum absolute atomic E-state index is 13.8. The van der Waals surface area contributed by atoms with Crippen molar-refractivity contribution in [2.75, 3.05) is 21.9 Å². The zero-order chi connectivity index (χ0) is 20.1. The highest BCUT2D eigenvalue weighted by atomic mass is 32.2. The minimum atomic E-state index is -4.01. The van der Waals surface area contributed by atoms with Gasteiger partial charge in [0, 0.05) is 24.0 Å². The van der Waals surface area contributed by atoms with Gasteiger partial charge in [-0.1, -0.05) is 12.1 Å². The van der Waals surface area contributed by atoms with Crippen LogP contribution in [0.1, 0.15) is 12.7 Å². The Hall–Kier alpha value is -3.20. The minimum Gasteiger partial charge on any atom is -0.370 e. The Morgan fingerprint density at radius 3 is 2.29 bits per heavy atom. The molecule has 0 aliphatic heterocycles. The van der Waals surface area contributed by atoms with Gasteiger partial charge in [-0.15, -0.1) is 0 Å². The average Bonchev–Trinajstić information content (AvgIpc) is 2.63. The molecule has 146 valence electrons. The van der Waals surface area contributed by atoms with Crippen LogP contribution in [0.2, 0.25) is 0 Å². The lowest BCUT2D eigenvalue weighted by molar-refractivity contribution is 0.570. The predicted octanol–water partition coefficient (Wildman–Crippen LogP) is 3.90. The highest BCUT2D eigenvalue weighted by Crippen LogP contribution is 2.22. The molecule has 9 heteroatoms. The molecule has 0 unspecified atom stereocenters. The molecule has 0 saturated heterocycles. The van der Waals surface area contributed by atoms with Crippen molar-refractivity contribution in [3.8, 4) is 0 Å². The predicted molar refractivity (Wildman–Crippen MR) is 108 cm³/mol. The Balaban J connectivity index is 1.75. The molecule has 28 heavy (non-hydrogen) atoms. The minimum absolute atomic E-state index is 0.320. The number of rotatable bonds is 7. The molecule has 0 fully saturated rings. The first kappa shape index (κ1) is 19.6. The van der Waals surface area contributed by atoms with E-state index in [-0.39, 0.29) is 0 Å². The second-order valence-electron chi connectivity index (χ2n) is 5.95. The fourth-order valence-electron chi connectivity index (χ4n) is 2.55. The fourth-order valence-corrected chi connectivity index (χ4v) is 3.68. The Kier molecular flexibility index (Phi) is 5.74. The van der Waals surface area contributed by atoms with Crippen LogP contribution in [0.5, 0.6) is 0 Å². The van der Waals surface area contributed by atoms with Crippen molar-refractivity contribution >= 4 is 33.0 Å². The van der Waals surface area contributed by atoms with E-state index in [9.17, 15) is 12.8 Å². The van der Waals surface area contributed by atoms with E-state index in [4.69, 9.17) is 0 Å². The molecule has 0 bridgehead atoms. The molecule has 0 aliphatic rings. The standard InChI is InChI=1S/C19H20FN5O2S/c1-3-21-18-12-19(23-13(2)22-18)24-14-8-10-15(11-9-14)25-28(26,27)17-7-5-4-6-16(17)20/h4-12,25H,3H2,1-2H3,(H2,21,22,23,24). The van der Waals surface area contributed by atoms with Crippen molar-refractivity contribution in [3.05, 3.63) is 66.2 Å². The summed E-state index contributed by atoms with van der Waals surface area (Å²) < 4.78 is 40.8. The maximum atomic E-state index is 13.8. The van der Waals surface area contributed by atoms with Crippen LogP contribution in [0.3, 0.4) is 0 Å². The second kappa shape index (κ2) is 8.22. The lowest BCUT2D eigenvalue weighted by atomic mass is 10.3. The van der Waals surface area contributed by atoms with Gasteiger partial charge in [0.15, 0.2) is 0 Å². The number of nitrogens with zero attached hydrogens (tertiary/aromatic N) is 2. The van der Waals surface area contributed by atoms with Gasteiger partial charge in [0.25, 0.3) is 10.0 Å². The topological polar surface area (TPSA) is 96.0 Å². The molecule has 0 saturated carbocycles. The molecular weight excluding hydrogens is 381 g/mol. The van der Waals surface area contributed by atoms with E-state index in [1.54, 1.807) is 37.3 Å². The average molecular weight is 401 g/mol. The van der Waals surface area contributed by atoms with Crippen LogP contribution in [0.15, 0.2) is 59.5 Å². The van der Waals surface area contributed by atoms with Gasteiger partial charge >= 0.3 is 0 Å². The molecule has 0 radical (unpaired) electrons. The number of benzene rings is 2. The SMILES string of the molecule is CCNc1cc(Nc2ccc(NS(=O)(=O)c3ccccc3F)cc2)nc(C)n1. The van der Waals surface area contributed by atoms with Gasteiger partial charge < -0.3 is 10.6 Å². The monoisotopic (exact) mass is 401 g/mol. The summed E-state index contributed by atoms with van der Waals surface area (Å²) >= 11 is 0. The largest absolute Gasteiger partial charge is 0.370 e. The van der Waals surface area contributed by atoms with Crippen LogP contribution in [-0.4, -0.2) is 24.9 Å². The Labute approximate surface area is 163 Å². The third-order valence-corrected chi connectivity index (χ3v) is 5.15.